The van der Waals surface area contributed by atoms with E-state index in [9.17, 15) is 0 Å². The van der Waals surface area contributed by atoms with Crippen molar-refractivity contribution in [3.8, 4) is 0 Å². The molecule has 0 fully saturated rings. The van der Waals surface area contributed by atoms with Crippen LogP contribution in [0.3, 0.4) is 0 Å². The van der Waals surface area contributed by atoms with E-state index in [1.54, 1.807) is 14.1 Å². The van der Waals surface area contributed by atoms with Crippen LogP contribution in [0.4, 0.5) is 5.82 Å². The van der Waals surface area contributed by atoms with E-state index in [1.165, 1.54) is 4.90 Å². The number of aromatic nitrogens is 2. The Bertz CT molecular complexity index is 292. The Morgan fingerprint density at radius 2 is 2.25 bits per heavy atom. The zero-order valence-corrected chi connectivity index (χ0v) is 6.72. The number of rotatable bonds is 1. The molecule has 0 aliphatic rings. The van der Waals surface area contributed by atoms with Crippen molar-refractivity contribution in [2.45, 2.75) is 0 Å². The molecule has 3 N–H and O–H groups in total. The third-order valence-corrected chi connectivity index (χ3v) is 1.24. The predicted octanol–water partition coefficient (Wildman–Crippen LogP) is -0.651. The molecule has 1 aromatic rings. The summed E-state index contributed by atoms with van der Waals surface area (Å²) in [4.78, 5) is 1.54. The first-order valence-electron chi connectivity index (χ1n) is 3.14. The van der Waals surface area contributed by atoms with Crippen molar-refractivity contribution in [3.05, 3.63) is 5.69 Å². The van der Waals surface area contributed by atoms with Gasteiger partial charge in [-0.3, -0.25) is 0 Å². The second kappa shape index (κ2) is 3.07. The molecule has 12 heavy (non-hydrogen) atoms. The number of oxime groups is 1. The van der Waals surface area contributed by atoms with Crippen molar-refractivity contribution >= 4 is 11.7 Å². The lowest BCUT2D eigenvalue weighted by atomic mass is 10.4. The normalized spacial score (nSPS) is 11.7. The van der Waals surface area contributed by atoms with Crippen molar-refractivity contribution in [2.24, 2.45) is 5.16 Å². The fourth-order valence-electron chi connectivity index (χ4n) is 0.699. The van der Waals surface area contributed by atoms with Crippen LogP contribution >= 0.6 is 0 Å². The molecular weight excluding hydrogens is 162 g/mol. The fourth-order valence-corrected chi connectivity index (χ4v) is 0.699. The van der Waals surface area contributed by atoms with Crippen molar-refractivity contribution < 1.29 is 9.84 Å². The lowest BCUT2D eigenvalue weighted by molar-refractivity contribution is 0.300. The van der Waals surface area contributed by atoms with Crippen LogP contribution in [0, 0.1) is 0 Å². The molecule has 1 heterocycles. The summed E-state index contributed by atoms with van der Waals surface area (Å²) in [5, 5.41) is 18.4. The van der Waals surface area contributed by atoms with E-state index in [0.29, 0.717) is 0 Å². The Morgan fingerprint density at radius 1 is 1.58 bits per heavy atom. The molecule has 0 atom stereocenters. The predicted molar refractivity (Wildman–Crippen MR) is 40.7 cm³/mol. The monoisotopic (exact) mass is 171 g/mol. The van der Waals surface area contributed by atoms with Gasteiger partial charge in [-0.1, -0.05) is 5.16 Å². The minimum atomic E-state index is 0.0940. The Labute approximate surface area is 68.4 Å². The summed E-state index contributed by atoms with van der Waals surface area (Å²) in [6.45, 7) is 0. The van der Waals surface area contributed by atoms with E-state index < -0.39 is 0 Å². The Kier molecular flexibility index (Phi) is 2.13. The average Bonchev–Trinajstić information content (AvgIpc) is 2.38. The molecule has 7 nitrogen and oxygen atoms in total. The molecular formula is C5H9N5O2. The number of hydrogen-bond acceptors (Lipinski definition) is 6. The molecule has 0 aromatic carbocycles. The van der Waals surface area contributed by atoms with Crippen LogP contribution in [0.25, 0.3) is 0 Å². The molecule has 0 aliphatic heterocycles. The minimum absolute atomic E-state index is 0.0940. The van der Waals surface area contributed by atoms with Gasteiger partial charge in [0.2, 0.25) is 5.84 Å². The zero-order valence-electron chi connectivity index (χ0n) is 6.72. The van der Waals surface area contributed by atoms with Gasteiger partial charge in [-0.25, -0.2) is 4.63 Å². The molecule has 0 saturated heterocycles. The first-order valence-corrected chi connectivity index (χ1v) is 3.14. The van der Waals surface area contributed by atoms with Crippen LogP contribution in [0.2, 0.25) is 0 Å². The van der Waals surface area contributed by atoms with Crippen LogP contribution < -0.4 is 5.73 Å². The molecule has 0 spiro atoms. The molecule has 0 bridgehead atoms. The van der Waals surface area contributed by atoms with Crippen LogP contribution in [0.15, 0.2) is 9.78 Å². The van der Waals surface area contributed by atoms with Gasteiger partial charge in [-0.15, -0.1) is 0 Å². The highest BCUT2D eigenvalue weighted by Crippen LogP contribution is 2.06. The Balaban J connectivity index is 3.04. The Hall–Kier alpha value is -1.79. The summed E-state index contributed by atoms with van der Waals surface area (Å²) in [5.74, 6) is 0.297. The number of hydrogen-bond donors (Lipinski definition) is 2. The molecule has 1 rings (SSSR count). The molecule has 1 aromatic heterocycles. The molecule has 0 unspecified atom stereocenters. The van der Waals surface area contributed by atoms with Crippen LogP contribution in [-0.4, -0.2) is 40.4 Å². The van der Waals surface area contributed by atoms with Crippen LogP contribution in [0.1, 0.15) is 5.69 Å². The van der Waals surface area contributed by atoms with Gasteiger partial charge >= 0.3 is 0 Å². The molecule has 0 amide bonds. The number of amidine groups is 1. The van der Waals surface area contributed by atoms with E-state index in [-0.39, 0.29) is 17.3 Å². The average molecular weight is 171 g/mol. The summed E-state index contributed by atoms with van der Waals surface area (Å²) in [6.07, 6.45) is 0. The summed E-state index contributed by atoms with van der Waals surface area (Å²) < 4.78 is 4.33. The third kappa shape index (κ3) is 1.29. The molecule has 0 radical (unpaired) electrons. The number of nitrogens with two attached hydrogens (primary N) is 1. The van der Waals surface area contributed by atoms with Gasteiger partial charge in [-0.05, 0) is 10.3 Å². The third-order valence-electron chi connectivity index (χ3n) is 1.24. The van der Waals surface area contributed by atoms with Gasteiger partial charge in [0.15, 0.2) is 11.5 Å². The quantitative estimate of drug-likeness (QED) is 0.252. The maximum atomic E-state index is 8.57. The number of nitrogen functional groups attached to an aromatic ring is 1. The molecule has 66 valence electrons. The lowest BCUT2D eigenvalue weighted by Crippen LogP contribution is -2.24. The zero-order chi connectivity index (χ0) is 9.14. The highest BCUT2D eigenvalue weighted by Gasteiger charge is 2.15. The van der Waals surface area contributed by atoms with Gasteiger partial charge in [0, 0.05) is 14.1 Å². The molecule has 0 aliphatic carbocycles. The van der Waals surface area contributed by atoms with E-state index >= 15 is 0 Å². The summed E-state index contributed by atoms with van der Waals surface area (Å²) in [6, 6.07) is 0. The minimum Gasteiger partial charge on any atom is -0.409 e. The SMILES string of the molecule is CN(C)C(=NO)c1nonc1N. The second-order valence-corrected chi connectivity index (χ2v) is 2.32. The lowest BCUT2D eigenvalue weighted by Gasteiger charge is -2.10. The van der Waals surface area contributed by atoms with Gasteiger partial charge in [0.05, 0.1) is 0 Å². The standard InChI is InChI=1S/C5H9N5O2/c1-10(2)5(7-11)3-4(6)9-12-8-3/h11H,1-2H3,(H2,6,9). The van der Waals surface area contributed by atoms with E-state index in [1.807, 2.05) is 0 Å². The highest BCUT2D eigenvalue weighted by atomic mass is 16.6. The van der Waals surface area contributed by atoms with Crippen molar-refractivity contribution in [3.63, 3.8) is 0 Å². The maximum absolute atomic E-state index is 8.57. The topological polar surface area (TPSA) is 101 Å². The van der Waals surface area contributed by atoms with E-state index in [0.717, 1.165) is 0 Å². The largest absolute Gasteiger partial charge is 0.409 e. The number of anilines is 1. The van der Waals surface area contributed by atoms with Gasteiger partial charge in [0.1, 0.15) is 0 Å². The summed E-state index contributed by atoms with van der Waals surface area (Å²) in [7, 11) is 3.37. The smallest absolute Gasteiger partial charge is 0.200 e. The van der Waals surface area contributed by atoms with Crippen molar-refractivity contribution in [1.82, 2.24) is 15.2 Å². The van der Waals surface area contributed by atoms with Crippen molar-refractivity contribution in [2.75, 3.05) is 19.8 Å². The highest BCUT2D eigenvalue weighted by molar-refractivity contribution is 5.99. The first-order chi connectivity index (χ1) is 5.66. The maximum Gasteiger partial charge on any atom is 0.200 e. The molecule has 7 heteroatoms. The van der Waals surface area contributed by atoms with Crippen molar-refractivity contribution in [1.29, 1.82) is 0 Å². The Morgan fingerprint density at radius 3 is 2.58 bits per heavy atom. The van der Waals surface area contributed by atoms with Crippen LogP contribution in [-0.2, 0) is 0 Å². The van der Waals surface area contributed by atoms with Gasteiger partial charge in [-0.2, -0.15) is 0 Å². The van der Waals surface area contributed by atoms with Gasteiger partial charge < -0.3 is 15.8 Å². The summed E-state index contributed by atoms with van der Waals surface area (Å²) >= 11 is 0. The number of nitrogens with zero attached hydrogens (tertiary/aromatic N) is 4. The fraction of sp³-hybridized carbons (Fsp3) is 0.400. The van der Waals surface area contributed by atoms with Gasteiger partial charge in [0.25, 0.3) is 0 Å². The van der Waals surface area contributed by atoms with E-state index in [2.05, 4.69) is 20.1 Å². The first kappa shape index (κ1) is 8.31. The molecule has 0 saturated carbocycles. The second-order valence-electron chi connectivity index (χ2n) is 2.32. The van der Waals surface area contributed by atoms with Crippen LogP contribution in [0.5, 0.6) is 0 Å². The summed E-state index contributed by atoms with van der Waals surface area (Å²) in [5.41, 5.74) is 5.59. The van der Waals surface area contributed by atoms with E-state index in [4.69, 9.17) is 10.9 Å².